The first-order chi connectivity index (χ1) is 19.2. The van der Waals surface area contributed by atoms with E-state index in [9.17, 15) is 22.8 Å². The summed E-state index contributed by atoms with van der Waals surface area (Å²) in [6.45, 7) is 11.2. The molecule has 3 heterocycles. The lowest BCUT2D eigenvalue weighted by Crippen LogP contribution is -2.49. The second-order valence-electron chi connectivity index (χ2n) is 10.9. The highest BCUT2D eigenvalue weighted by molar-refractivity contribution is 9.10. The minimum absolute atomic E-state index is 0.0623. The van der Waals surface area contributed by atoms with Gasteiger partial charge in [0.05, 0.1) is 31.4 Å². The van der Waals surface area contributed by atoms with Gasteiger partial charge < -0.3 is 24.0 Å². The van der Waals surface area contributed by atoms with Gasteiger partial charge in [0.1, 0.15) is 17.3 Å². The van der Waals surface area contributed by atoms with Crippen LogP contribution in [0.15, 0.2) is 27.9 Å². The fourth-order valence-corrected chi connectivity index (χ4v) is 4.92. The predicted octanol–water partition coefficient (Wildman–Crippen LogP) is 3.65. The maximum atomic E-state index is 12.7. The molecule has 0 bridgehead atoms. The van der Waals surface area contributed by atoms with Crippen molar-refractivity contribution < 1.29 is 32.2 Å². The first kappa shape index (κ1) is 32.9. The Balaban J connectivity index is 1.35. The summed E-state index contributed by atoms with van der Waals surface area (Å²) < 4.78 is 56.6. The van der Waals surface area contributed by atoms with Crippen LogP contribution >= 0.6 is 15.9 Å². The molecule has 2 aromatic heterocycles. The number of alkyl halides is 3. The van der Waals surface area contributed by atoms with Gasteiger partial charge in [0.25, 0.3) is 5.56 Å². The Morgan fingerprint density at radius 2 is 1.73 bits per heavy atom. The molecule has 0 aliphatic carbocycles. The highest BCUT2D eigenvalue weighted by Crippen LogP contribution is 2.28. The van der Waals surface area contributed by atoms with Crippen molar-refractivity contribution in [1.29, 1.82) is 0 Å². The van der Waals surface area contributed by atoms with Crippen LogP contribution in [0.3, 0.4) is 0 Å². The number of piperazine rings is 1. The number of carbonyl (C=O) groups excluding carboxylic acids is 1. The van der Waals surface area contributed by atoms with Gasteiger partial charge >= 0.3 is 6.18 Å². The normalized spacial score (nSPS) is 15.2. The van der Waals surface area contributed by atoms with Crippen molar-refractivity contribution in [3.05, 3.63) is 39.0 Å². The minimum Gasteiger partial charge on any atom is -0.485 e. The molecule has 0 aromatic carbocycles. The third-order valence-electron chi connectivity index (χ3n) is 6.18. The number of ether oxygens (including phenoxy) is 3. The molecular weight excluding hydrogens is 629 g/mol. The lowest BCUT2D eigenvalue weighted by molar-refractivity contribution is -0.138. The largest absolute Gasteiger partial charge is 0.485 e. The number of aromatic nitrogens is 4. The van der Waals surface area contributed by atoms with Crippen LogP contribution in [0.4, 0.5) is 19.1 Å². The molecule has 1 aliphatic rings. The molecule has 1 amide bonds. The monoisotopic (exact) mass is 664 g/mol. The summed E-state index contributed by atoms with van der Waals surface area (Å²) in [5, 5.41) is 4.12. The molecule has 0 radical (unpaired) electrons. The molecule has 3 rings (SSSR count). The van der Waals surface area contributed by atoms with Crippen LogP contribution in [0.25, 0.3) is 0 Å². The highest BCUT2D eigenvalue weighted by atomic mass is 79.9. The molecule has 41 heavy (non-hydrogen) atoms. The van der Waals surface area contributed by atoms with Crippen LogP contribution in [0.2, 0.25) is 25.7 Å². The Kier molecular flexibility index (Phi) is 11.7. The lowest BCUT2D eigenvalue weighted by atomic mass is 10.3. The van der Waals surface area contributed by atoms with E-state index in [1.54, 1.807) is 16.7 Å². The summed E-state index contributed by atoms with van der Waals surface area (Å²) in [4.78, 5) is 36.2. The van der Waals surface area contributed by atoms with E-state index in [4.69, 9.17) is 14.2 Å². The van der Waals surface area contributed by atoms with Gasteiger partial charge in [-0.2, -0.15) is 18.3 Å². The van der Waals surface area contributed by atoms with E-state index in [1.807, 2.05) is 0 Å². The van der Waals surface area contributed by atoms with E-state index < -0.39 is 25.9 Å². The van der Waals surface area contributed by atoms with Crippen LogP contribution in [0.5, 0.6) is 5.75 Å². The SMILES string of the molecule is C[C@@H](COCCC(=O)N1CCN(c2ncc(C(F)(F)F)cn2)CC1)Oc1cnn(COCC[Si](C)(C)C)c(=O)c1Br. The van der Waals surface area contributed by atoms with Crippen molar-refractivity contribution in [2.45, 2.75) is 58.0 Å². The molecule has 0 spiro atoms. The average Bonchev–Trinajstić information content (AvgIpc) is 2.92. The standard InChI is InChI=1S/C25H36BrF3N6O5Si/c1-18(40-20-15-32-35(23(37)22(20)26)17-39-11-12-41(2,3)4)16-38-10-5-21(36)33-6-8-34(9-7-33)24-30-13-19(14-31-24)25(27,28)29/h13-15,18H,5-12,16-17H2,1-4H3/t18-/m0/s1. The van der Waals surface area contributed by atoms with Crippen LogP contribution in [-0.4, -0.2) is 90.7 Å². The lowest BCUT2D eigenvalue weighted by Gasteiger charge is -2.34. The van der Waals surface area contributed by atoms with E-state index in [2.05, 4.69) is 50.6 Å². The van der Waals surface area contributed by atoms with Crippen molar-refractivity contribution in [1.82, 2.24) is 24.6 Å². The topological polar surface area (TPSA) is 112 Å². The number of carbonyl (C=O) groups is 1. The number of amides is 1. The number of anilines is 1. The Labute approximate surface area is 246 Å². The summed E-state index contributed by atoms with van der Waals surface area (Å²) in [7, 11) is -1.22. The number of halogens is 4. The van der Waals surface area contributed by atoms with E-state index in [-0.39, 0.29) is 54.0 Å². The minimum atomic E-state index is -4.49. The van der Waals surface area contributed by atoms with Gasteiger partial charge in [-0.25, -0.2) is 14.6 Å². The zero-order valence-electron chi connectivity index (χ0n) is 23.6. The molecule has 1 atom stereocenters. The summed E-state index contributed by atoms with van der Waals surface area (Å²) >= 11 is 3.28. The van der Waals surface area contributed by atoms with Gasteiger partial charge in [0.15, 0.2) is 5.75 Å². The Hall–Kier alpha value is -2.56. The van der Waals surface area contributed by atoms with Gasteiger partial charge in [-0.3, -0.25) is 9.59 Å². The van der Waals surface area contributed by atoms with Crippen LogP contribution in [-0.2, 0) is 27.2 Å². The molecule has 0 N–H and O–H groups in total. The zero-order chi connectivity index (χ0) is 30.2. The van der Waals surface area contributed by atoms with Gasteiger partial charge in [0.2, 0.25) is 11.9 Å². The smallest absolute Gasteiger partial charge is 0.419 e. The molecule has 1 fully saturated rings. The van der Waals surface area contributed by atoms with Crippen molar-refractivity contribution in [3.8, 4) is 5.75 Å². The molecule has 16 heteroatoms. The number of nitrogens with zero attached hydrogens (tertiary/aromatic N) is 6. The number of hydrogen-bond acceptors (Lipinski definition) is 9. The van der Waals surface area contributed by atoms with Gasteiger partial charge in [0, 0.05) is 53.3 Å². The third-order valence-corrected chi connectivity index (χ3v) is 8.62. The molecule has 2 aromatic rings. The van der Waals surface area contributed by atoms with Crippen LogP contribution < -0.4 is 15.2 Å². The molecule has 0 saturated carbocycles. The van der Waals surface area contributed by atoms with Crippen molar-refractivity contribution >= 4 is 35.9 Å². The fraction of sp³-hybridized carbons (Fsp3) is 0.640. The van der Waals surface area contributed by atoms with E-state index >= 15 is 0 Å². The predicted molar refractivity (Wildman–Crippen MR) is 152 cm³/mol. The molecule has 1 aliphatic heterocycles. The van der Waals surface area contributed by atoms with E-state index in [0.717, 1.165) is 18.4 Å². The molecular formula is C25H36BrF3N6O5Si. The third kappa shape index (κ3) is 10.3. The van der Waals surface area contributed by atoms with Crippen LogP contribution in [0.1, 0.15) is 18.9 Å². The zero-order valence-corrected chi connectivity index (χ0v) is 26.2. The highest BCUT2D eigenvalue weighted by Gasteiger charge is 2.32. The van der Waals surface area contributed by atoms with E-state index in [0.29, 0.717) is 32.8 Å². The molecule has 11 nitrogen and oxygen atoms in total. The second-order valence-corrected chi connectivity index (χ2v) is 17.3. The van der Waals surface area contributed by atoms with Crippen molar-refractivity contribution in [3.63, 3.8) is 0 Å². The summed E-state index contributed by atoms with van der Waals surface area (Å²) in [5.41, 5.74) is -1.26. The molecule has 0 unspecified atom stereocenters. The summed E-state index contributed by atoms with van der Waals surface area (Å²) in [5.74, 6) is 0.400. The Morgan fingerprint density at radius 3 is 2.34 bits per heavy atom. The Morgan fingerprint density at radius 1 is 1.07 bits per heavy atom. The number of rotatable bonds is 13. The van der Waals surface area contributed by atoms with Crippen LogP contribution in [0, 0.1) is 0 Å². The Bertz CT molecular complexity index is 1200. The molecule has 1 saturated heterocycles. The average molecular weight is 666 g/mol. The van der Waals surface area contributed by atoms with Gasteiger partial charge in [-0.15, -0.1) is 0 Å². The van der Waals surface area contributed by atoms with Crippen molar-refractivity contribution in [2.75, 3.05) is 50.9 Å². The van der Waals surface area contributed by atoms with Gasteiger partial charge in [-0.05, 0) is 28.9 Å². The number of hydrogen-bond donors (Lipinski definition) is 0. The first-order valence-electron chi connectivity index (χ1n) is 13.2. The molecule has 228 valence electrons. The maximum Gasteiger partial charge on any atom is 0.419 e. The van der Waals surface area contributed by atoms with E-state index in [1.165, 1.54) is 10.9 Å². The van der Waals surface area contributed by atoms with Gasteiger partial charge in [-0.1, -0.05) is 19.6 Å². The summed E-state index contributed by atoms with van der Waals surface area (Å²) in [6, 6.07) is 0.991. The fourth-order valence-electron chi connectivity index (χ4n) is 3.76. The first-order valence-corrected chi connectivity index (χ1v) is 17.7. The second kappa shape index (κ2) is 14.6. The van der Waals surface area contributed by atoms with Crippen molar-refractivity contribution in [2.24, 2.45) is 0 Å². The summed E-state index contributed by atoms with van der Waals surface area (Å²) in [6.07, 6.45) is -1.76. The quantitative estimate of drug-likeness (QED) is 0.234. The maximum absolute atomic E-state index is 12.7.